The normalized spacial score (nSPS) is 12.0. The zero-order chi connectivity index (χ0) is 11.6. The summed E-state index contributed by atoms with van der Waals surface area (Å²) in [4.78, 5) is 0. The molecule has 0 amide bonds. The molecule has 0 unspecified atom stereocenters. The number of ether oxygens (including phenoxy) is 1. The number of nitrogens with one attached hydrogen (secondary N) is 1. The van der Waals surface area contributed by atoms with E-state index in [0.717, 1.165) is 25.8 Å². The predicted octanol–water partition coefficient (Wildman–Crippen LogP) is 1.32. The van der Waals surface area contributed by atoms with Gasteiger partial charge in [-0.2, -0.15) is 13.2 Å². The third kappa shape index (κ3) is 13.7. The molecular formula is C9H18F3NO2. The first-order valence-electron chi connectivity index (χ1n) is 5.02. The van der Waals surface area contributed by atoms with Crippen LogP contribution in [0.15, 0.2) is 0 Å². The molecule has 92 valence electrons. The van der Waals surface area contributed by atoms with Gasteiger partial charge in [-0.3, -0.25) is 0 Å². The SMILES string of the molecule is OCCCCCNCCOCC(F)(F)F. The Morgan fingerprint density at radius 1 is 1.07 bits per heavy atom. The zero-order valence-corrected chi connectivity index (χ0v) is 8.65. The molecule has 0 radical (unpaired) electrons. The molecule has 0 saturated heterocycles. The largest absolute Gasteiger partial charge is 0.411 e. The van der Waals surface area contributed by atoms with Crippen LogP contribution in [0.2, 0.25) is 0 Å². The molecule has 0 fully saturated rings. The minimum atomic E-state index is -4.23. The van der Waals surface area contributed by atoms with E-state index in [-0.39, 0.29) is 13.2 Å². The Labute approximate surface area is 87.6 Å². The number of aliphatic hydroxyl groups excluding tert-OH is 1. The summed E-state index contributed by atoms with van der Waals surface area (Å²) in [5, 5.41) is 11.4. The smallest absolute Gasteiger partial charge is 0.396 e. The number of alkyl halides is 3. The van der Waals surface area contributed by atoms with E-state index in [4.69, 9.17) is 5.11 Å². The summed E-state index contributed by atoms with van der Waals surface area (Å²) in [7, 11) is 0. The molecule has 0 heterocycles. The van der Waals surface area contributed by atoms with Crippen LogP contribution >= 0.6 is 0 Å². The van der Waals surface area contributed by atoms with Crippen molar-refractivity contribution >= 4 is 0 Å². The standard InChI is InChI=1S/C9H18F3NO2/c10-9(11,12)8-15-7-5-13-4-2-1-3-6-14/h13-14H,1-8H2. The number of rotatable bonds is 9. The maximum Gasteiger partial charge on any atom is 0.411 e. The van der Waals surface area contributed by atoms with Crippen molar-refractivity contribution in [2.75, 3.05) is 32.9 Å². The van der Waals surface area contributed by atoms with Crippen LogP contribution in [0.3, 0.4) is 0 Å². The van der Waals surface area contributed by atoms with E-state index in [0.29, 0.717) is 6.54 Å². The summed E-state index contributed by atoms with van der Waals surface area (Å²) in [5.74, 6) is 0. The van der Waals surface area contributed by atoms with Gasteiger partial charge in [-0.25, -0.2) is 0 Å². The van der Waals surface area contributed by atoms with Crippen LogP contribution in [-0.2, 0) is 4.74 Å². The van der Waals surface area contributed by atoms with Gasteiger partial charge in [0.1, 0.15) is 6.61 Å². The van der Waals surface area contributed by atoms with Crippen molar-refractivity contribution in [3.8, 4) is 0 Å². The van der Waals surface area contributed by atoms with Crippen molar-refractivity contribution in [1.29, 1.82) is 0 Å². The molecule has 0 aromatic rings. The second kappa shape index (κ2) is 8.94. The quantitative estimate of drug-likeness (QED) is 0.586. The van der Waals surface area contributed by atoms with E-state index in [1.54, 1.807) is 0 Å². The van der Waals surface area contributed by atoms with Gasteiger partial charge in [0.25, 0.3) is 0 Å². The lowest BCUT2D eigenvalue weighted by Crippen LogP contribution is -2.24. The lowest BCUT2D eigenvalue weighted by atomic mass is 10.2. The Balaban J connectivity index is 2.99. The van der Waals surface area contributed by atoms with Crippen molar-refractivity contribution in [3.63, 3.8) is 0 Å². The zero-order valence-electron chi connectivity index (χ0n) is 8.65. The third-order valence-corrected chi connectivity index (χ3v) is 1.70. The fraction of sp³-hybridized carbons (Fsp3) is 1.00. The van der Waals surface area contributed by atoms with Gasteiger partial charge in [-0.1, -0.05) is 0 Å². The van der Waals surface area contributed by atoms with Gasteiger partial charge in [-0.15, -0.1) is 0 Å². The van der Waals surface area contributed by atoms with Crippen LogP contribution in [0, 0.1) is 0 Å². The van der Waals surface area contributed by atoms with E-state index in [1.807, 2.05) is 0 Å². The minimum absolute atomic E-state index is 0.0690. The molecule has 0 rings (SSSR count). The second-order valence-electron chi connectivity index (χ2n) is 3.20. The Bertz CT molecular complexity index is 142. The summed E-state index contributed by atoms with van der Waals surface area (Å²) in [6, 6.07) is 0. The predicted molar refractivity (Wildman–Crippen MR) is 50.7 cm³/mol. The van der Waals surface area contributed by atoms with Gasteiger partial charge in [0.2, 0.25) is 0 Å². The van der Waals surface area contributed by atoms with Crippen molar-refractivity contribution in [3.05, 3.63) is 0 Å². The van der Waals surface area contributed by atoms with E-state index >= 15 is 0 Å². The number of halogens is 3. The number of hydrogen-bond donors (Lipinski definition) is 2. The fourth-order valence-electron chi connectivity index (χ4n) is 0.996. The summed E-state index contributed by atoms with van der Waals surface area (Å²) in [6.07, 6.45) is -1.62. The first-order chi connectivity index (χ1) is 7.06. The molecule has 0 aromatic carbocycles. The Morgan fingerprint density at radius 3 is 2.40 bits per heavy atom. The van der Waals surface area contributed by atoms with E-state index in [1.165, 1.54) is 0 Å². The maximum absolute atomic E-state index is 11.6. The van der Waals surface area contributed by atoms with Crippen molar-refractivity contribution < 1.29 is 23.0 Å². The number of aliphatic hydroxyl groups is 1. The highest BCUT2D eigenvalue weighted by Crippen LogP contribution is 2.13. The number of hydrogen-bond acceptors (Lipinski definition) is 3. The highest BCUT2D eigenvalue weighted by molar-refractivity contribution is 4.50. The average molecular weight is 229 g/mol. The van der Waals surface area contributed by atoms with Crippen LogP contribution in [0.4, 0.5) is 13.2 Å². The summed E-state index contributed by atoms with van der Waals surface area (Å²) < 4.78 is 39.2. The summed E-state index contributed by atoms with van der Waals surface area (Å²) in [6.45, 7) is 0.248. The highest BCUT2D eigenvalue weighted by Gasteiger charge is 2.26. The Morgan fingerprint density at radius 2 is 1.80 bits per heavy atom. The molecule has 2 N–H and O–H groups in total. The highest BCUT2D eigenvalue weighted by atomic mass is 19.4. The van der Waals surface area contributed by atoms with Gasteiger partial charge in [0.05, 0.1) is 6.61 Å². The van der Waals surface area contributed by atoms with E-state index in [2.05, 4.69) is 10.1 Å². The van der Waals surface area contributed by atoms with Gasteiger partial charge >= 0.3 is 6.18 Å². The first kappa shape index (κ1) is 14.7. The Hall–Kier alpha value is -0.330. The molecule has 6 heteroatoms. The molecule has 0 aromatic heterocycles. The van der Waals surface area contributed by atoms with Gasteiger partial charge in [-0.05, 0) is 25.8 Å². The molecule has 0 saturated carbocycles. The molecule has 0 atom stereocenters. The van der Waals surface area contributed by atoms with Crippen LogP contribution in [-0.4, -0.2) is 44.2 Å². The molecule has 0 aliphatic carbocycles. The van der Waals surface area contributed by atoms with Gasteiger partial charge in [0, 0.05) is 13.2 Å². The topological polar surface area (TPSA) is 41.5 Å². The van der Waals surface area contributed by atoms with Crippen LogP contribution in [0.25, 0.3) is 0 Å². The summed E-state index contributed by atoms with van der Waals surface area (Å²) in [5.41, 5.74) is 0. The fourth-order valence-corrected chi connectivity index (χ4v) is 0.996. The monoisotopic (exact) mass is 229 g/mol. The maximum atomic E-state index is 11.6. The molecule has 3 nitrogen and oxygen atoms in total. The van der Waals surface area contributed by atoms with Crippen LogP contribution in [0.1, 0.15) is 19.3 Å². The number of unbranched alkanes of at least 4 members (excludes halogenated alkanes) is 2. The lowest BCUT2D eigenvalue weighted by molar-refractivity contribution is -0.173. The molecule has 15 heavy (non-hydrogen) atoms. The molecule has 0 bridgehead atoms. The molecule has 0 spiro atoms. The van der Waals surface area contributed by atoms with Crippen LogP contribution < -0.4 is 5.32 Å². The molecular weight excluding hydrogens is 211 g/mol. The first-order valence-corrected chi connectivity index (χ1v) is 5.02. The van der Waals surface area contributed by atoms with E-state index < -0.39 is 12.8 Å². The van der Waals surface area contributed by atoms with Crippen LogP contribution in [0.5, 0.6) is 0 Å². The molecule has 0 aliphatic heterocycles. The van der Waals surface area contributed by atoms with Crippen molar-refractivity contribution in [1.82, 2.24) is 5.32 Å². The lowest BCUT2D eigenvalue weighted by Gasteiger charge is -2.08. The average Bonchev–Trinajstić information content (AvgIpc) is 2.14. The van der Waals surface area contributed by atoms with Gasteiger partial charge in [0.15, 0.2) is 0 Å². The van der Waals surface area contributed by atoms with Crippen molar-refractivity contribution in [2.45, 2.75) is 25.4 Å². The van der Waals surface area contributed by atoms with Crippen molar-refractivity contribution in [2.24, 2.45) is 0 Å². The molecule has 0 aliphatic rings. The second-order valence-corrected chi connectivity index (χ2v) is 3.20. The van der Waals surface area contributed by atoms with Gasteiger partial charge < -0.3 is 15.2 Å². The third-order valence-electron chi connectivity index (χ3n) is 1.70. The summed E-state index contributed by atoms with van der Waals surface area (Å²) >= 11 is 0. The Kier molecular flexibility index (Phi) is 8.74. The van der Waals surface area contributed by atoms with E-state index in [9.17, 15) is 13.2 Å². The minimum Gasteiger partial charge on any atom is -0.396 e.